The highest BCUT2D eigenvalue weighted by molar-refractivity contribution is 5.74. The van der Waals surface area contributed by atoms with E-state index >= 15 is 0 Å². The highest BCUT2D eigenvalue weighted by Gasteiger charge is 2.22. The summed E-state index contributed by atoms with van der Waals surface area (Å²) in [5.41, 5.74) is 2.55. The van der Waals surface area contributed by atoms with Crippen LogP contribution in [0.4, 0.5) is 10.6 Å². The summed E-state index contributed by atoms with van der Waals surface area (Å²) in [6, 6.07) is 14.4. The van der Waals surface area contributed by atoms with Crippen LogP contribution in [-0.4, -0.2) is 48.6 Å². The molecule has 0 radical (unpaired) electrons. The second kappa shape index (κ2) is 9.22. The minimum Gasteiger partial charge on any atom is -0.353 e. The Bertz CT molecular complexity index is 696. The Morgan fingerprint density at radius 2 is 1.81 bits per heavy atom. The van der Waals surface area contributed by atoms with Crippen molar-refractivity contribution in [3.8, 4) is 0 Å². The van der Waals surface area contributed by atoms with Crippen molar-refractivity contribution in [2.45, 2.75) is 26.2 Å². The van der Waals surface area contributed by atoms with Gasteiger partial charge in [-0.3, -0.25) is 0 Å². The Labute approximate surface area is 156 Å². The Morgan fingerprint density at radius 1 is 1.04 bits per heavy atom. The maximum Gasteiger partial charge on any atom is 0.317 e. The quantitative estimate of drug-likeness (QED) is 0.869. The van der Waals surface area contributed by atoms with Gasteiger partial charge in [0.25, 0.3) is 0 Å². The standard InChI is InChI=1S/C21H28N4O/c1-2-7-19-10-6-12-22-20(19)24-14-16-25(17-15-24)21(26)23-13-11-18-8-4-3-5-9-18/h3-6,8-10,12H,2,7,11,13-17H2,1H3,(H,23,26). The first-order chi connectivity index (χ1) is 12.8. The molecule has 0 bridgehead atoms. The number of aryl methyl sites for hydroxylation is 1. The molecule has 1 N–H and O–H groups in total. The fraction of sp³-hybridized carbons (Fsp3) is 0.429. The van der Waals surface area contributed by atoms with Gasteiger partial charge in [-0.25, -0.2) is 9.78 Å². The summed E-state index contributed by atoms with van der Waals surface area (Å²) in [5, 5.41) is 3.04. The first-order valence-corrected chi connectivity index (χ1v) is 9.53. The molecule has 5 heteroatoms. The average molecular weight is 352 g/mol. The number of benzene rings is 1. The largest absolute Gasteiger partial charge is 0.353 e. The summed E-state index contributed by atoms with van der Waals surface area (Å²) in [6.07, 6.45) is 4.88. The number of piperazine rings is 1. The van der Waals surface area contributed by atoms with Gasteiger partial charge in [0.1, 0.15) is 5.82 Å². The molecule has 2 amide bonds. The Morgan fingerprint density at radius 3 is 2.54 bits per heavy atom. The smallest absolute Gasteiger partial charge is 0.317 e. The number of nitrogens with one attached hydrogen (secondary N) is 1. The van der Waals surface area contributed by atoms with E-state index in [1.807, 2.05) is 35.4 Å². The maximum absolute atomic E-state index is 12.4. The molecule has 0 spiro atoms. The van der Waals surface area contributed by atoms with Crippen molar-refractivity contribution in [2.75, 3.05) is 37.6 Å². The number of urea groups is 1. The molecule has 26 heavy (non-hydrogen) atoms. The maximum atomic E-state index is 12.4. The molecule has 1 aromatic carbocycles. The second-order valence-electron chi connectivity index (χ2n) is 6.68. The lowest BCUT2D eigenvalue weighted by molar-refractivity contribution is 0.194. The van der Waals surface area contributed by atoms with Gasteiger partial charge in [0.2, 0.25) is 0 Å². The zero-order valence-electron chi connectivity index (χ0n) is 15.5. The lowest BCUT2D eigenvalue weighted by atomic mass is 10.1. The molecule has 1 aliphatic heterocycles. The summed E-state index contributed by atoms with van der Waals surface area (Å²) in [6.45, 7) is 6.00. The number of amides is 2. The number of pyridine rings is 1. The van der Waals surface area contributed by atoms with Crippen molar-refractivity contribution in [3.05, 3.63) is 59.8 Å². The van der Waals surface area contributed by atoms with Crippen LogP contribution in [0.25, 0.3) is 0 Å². The van der Waals surface area contributed by atoms with Crippen LogP contribution in [0.15, 0.2) is 48.7 Å². The van der Waals surface area contributed by atoms with E-state index in [-0.39, 0.29) is 6.03 Å². The van der Waals surface area contributed by atoms with Gasteiger partial charge in [-0.2, -0.15) is 0 Å². The molecular formula is C21H28N4O. The molecule has 0 unspecified atom stereocenters. The zero-order valence-corrected chi connectivity index (χ0v) is 15.5. The van der Waals surface area contributed by atoms with E-state index in [1.165, 1.54) is 11.1 Å². The number of hydrogen-bond acceptors (Lipinski definition) is 3. The highest BCUT2D eigenvalue weighted by Crippen LogP contribution is 2.20. The van der Waals surface area contributed by atoms with Crippen molar-refractivity contribution in [1.29, 1.82) is 0 Å². The Kier molecular flexibility index (Phi) is 6.47. The molecule has 1 aromatic heterocycles. The van der Waals surface area contributed by atoms with Crippen LogP contribution >= 0.6 is 0 Å². The van der Waals surface area contributed by atoms with Crippen LogP contribution in [0.2, 0.25) is 0 Å². The summed E-state index contributed by atoms with van der Waals surface area (Å²) in [7, 11) is 0. The van der Waals surface area contributed by atoms with Gasteiger partial charge in [-0.05, 0) is 30.0 Å². The molecule has 5 nitrogen and oxygen atoms in total. The van der Waals surface area contributed by atoms with Crippen molar-refractivity contribution in [3.63, 3.8) is 0 Å². The van der Waals surface area contributed by atoms with Crippen LogP contribution < -0.4 is 10.2 Å². The van der Waals surface area contributed by atoms with Crippen LogP contribution in [0.5, 0.6) is 0 Å². The minimum absolute atomic E-state index is 0.0374. The third-order valence-corrected chi connectivity index (χ3v) is 4.79. The molecule has 0 atom stereocenters. The van der Waals surface area contributed by atoms with Crippen LogP contribution in [0, 0.1) is 0 Å². The lowest BCUT2D eigenvalue weighted by Crippen LogP contribution is -2.52. The van der Waals surface area contributed by atoms with Gasteiger partial charge >= 0.3 is 6.03 Å². The van der Waals surface area contributed by atoms with E-state index in [0.717, 1.165) is 51.3 Å². The van der Waals surface area contributed by atoms with Gasteiger partial charge < -0.3 is 15.1 Å². The van der Waals surface area contributed by atoms with E-state index in [4.69, 9.17) is 0 Å². The SMILES string of the molecule is CCCc1cccnc1N1CCN(C(=O)NCCc2ccccc2)CC1. The van der Waals surface area contributed by atoms with Crippen molar-refractivity contribution in [1.82, 2.24) is 15.2 Å². The van der Waals surface area contributed by atoms with E-state index in [9.17, 15) is 4.79 Å². The third kappa shape index (κ3) is 4.75. The van der Waals surface area contributed by atoms with E-state index < -0.39 is 0 Å². The fourth-order valence-electron chi connectivity index (χ4n) is 3.37. The first kappa shape index (κ1) is 18.2. The molecule has 3 rings (SSSR count). The number of carbonyl (C=O) groups excluding carboxylic acids is 1. The van der Waals surface area contributed by atoms with Crippen LogP contribution in [0.1, 0.15) is 24.5 Å². The zero-order chi connectivity index (χ0) is 18.2. The molecule has 1 fully saturated rings. The predicted octanol–water partition coefficient (Wildman–Crippen LogP) is 3.11. The predicted molar refractivity (Wildman–Crippen MR) is 106 cm³/mol. The van der Waals surface area contributed by atoms with E-state index in [2.05, 4.69) is 40.3 Å². The van der Waals surface area contributed by atoms with Gasteiger partial charge in [0.15, 0.2) is 0 Å². The minimum atomic E-state index is 0.0374. The molecule has 0 saturated carbocycles. The molecule has 0 aliphatic carbocycles. The number of aromatic nitrogens is 1. The average Bonchev–Trinajstić information content (AvgIpc) is 2.70. The van der Waals surface area contributed by atoms with Crippen molar-refractivity contribution >= 4 is 11.8 Å². The fourth-order valence-corrected chi connectivity index (χ4v) is 3.37. The van der Waals surface area contributed by atoms with Crippen LogP contribution in [-0.2, 0) is 12.8 Å². The van der Waals surface area contributed by atoms with Gasteiger partial charge in [-0.1, -0.05) is 49.7 Å². The highest BCUT2D eigenvalue weighted by atomic mass is 16.2. The normalized spacial score (nSPS) is 14.3. The summed E-state index contributed by atoms with van der Waals surface area (Å²) >= 11 is 0. The molecule has 138 valence electrons. The Hall–Kier alpha value is -2.56. The molecule has 2 aromatic rings. The Balaban J connectivity index is 1.46. The van der Waals surface area contributed by atoms with E-state index in [1.54, 1.807) is 0 Å². The number of hydrogen-bond donors (Lipinski definition) is 1. The van der Waals surface area contributed by atoms with E-state index in [0.29, 0.717) is 6.54 Å². The molecule has 1 aliphatic rings. The molecule has 2 heterocycles. The summed E-state index contributed by atoms with van der Waals surface area (Å²) < 4.78 is 0. The topological polar surface area (TPSA) is 48.5 Å². The number of nitrogens with zero attached hydrogens (tertiary/aromatic N) is 3. The van der Waals surface area contributed by atoms with Crippen molar-refractivity contribution < 1.29 is 4.79 Å². The molecular weight excluding hydrogens is 324 g/mol. The molecule has 1 saturated heterocycles. The van der Waals surface area contributed by atoms with Gasteiger partial charge in [0, 0.05) is 38.9 Å². The monoisotopic (exact) mass is 352 g/mol. The number of rotatable bonds is 6. The van der Waals surface area contributed by atoms with Crippen molar-refractivity contribution in [2.24, 2.45) is 0 Å². The second-order valence-corrected chi connectivity index (χ2v) is 6.68. The first-order valence-electron chi connectivity index (χ1n) is 9.53. The summed E-state index contributed by atoms with van der Waals surface area (Å²) in [5.74, 6) is 1.08. The lowest BCUT2D eigenvalue weighted by Gasteiger charge is -2.36. The third-order valence-electron chi connectivity index (χ3n) is 4.79. The van der Waals surface area contributed by atoms with Gasteiger partial charge in [0.05, 0.1) is 0 Å². The van der Waals surface area contributed by atoms with Crippen LogP contribution in [0.3, 0.4) is 0 Å². The number of carbonyl (C=O) groups is 1. The number of anilines is 1. The summed E-state index contributed by atoms with van der Waals surface area (Å²) in [4.78, 5) is 21.2. The van der Waals surface area contributed by atoms with Gasteiger partial charge in [-0.15, -0.1) is 0 Å².